The van der Waals surface area contributed by atoms with E-state index in [2.05, 4.69) is 20.9 Å². The molecule has 2 aromatic heterocycles. The highest BCUT2D eigenvalue weighted by Gasteiger charge is 2.29. The molecule has 0 saturated heterocycles. The third-order valence-electron chi connectivity index (χ3n) is 3.35. The van der Waals surface area contributed by atoms with Crippen molar-refractivity contribution < 1.29 is 19.1 Å². The Hall–Kier alpha value is -2.59. The van der Waals surface area contributed by atoms with E-state index in [4.69, 9.17) is 4.74 Å². The number of fused-ring (bicyclic) bond motifs is 1. The average molecular weight is 392 g/mol. The lowest BCUT2D eigenvalue weighted by atomic mass is 10.2. The minimum atomic E-state index is -0.826. The van der Waals surface area contributed by atoms with Crippen LogP contribution in [0.5, 0.6) is 0 Å². The van der Waals surface area contributed by atoms with Gasteiger partial charge in [0.2, 0.25) is 0 Å². The minimum absolute atomic E-state index is 0.157. The lowest BCUT2D eigenvalue weighted by molar-refractivity contribution is -0.115. The third kappa shape index (κ3) is 3.97. The molecule has 0 fully saturated rings. The van der Waals surface area contributed by atoms with Crippen molar-refractivity contribution in [3.05, 3.63) is 34.8 Å². The number of ether oxygens (including phenoxy) is 1. The molecule has 0 aromatic carbocycles. The van der Waals surface area contributed by atoms with Crippen molar-refractivity contribution in [3.8, 4) is 0 Å². The monoisotopic (exact) mass is 392 g/mol. The number of rotatable bonds is 4. The fourth-order valence-electron chi connectivity index (χ4n) is 2.27. The number of hydrogen-bond donors (Lipinski definition) is 3. The number of pyridine rings is 1. The molecule has 1 aliphatic rings. The topological polar surface area (TPSA) is 109 Å². The van der Waals surface area contributed by atoms with Gasteiger partial charge in [-0.15, -0.1) is 11.3 Å². The Bertz CT molecular complexity index is 843. The van der Waals surface area contributed by atoms with Gasteiger partial charge in [0.05, 0.1) is 17.1 Å². The van der Waals surface area contributed by atoms with Crippen LogP contribution in [0.2, 0.25) is 0 Å². The van der Waals surface area contributed by atoms with Gasteiger partial charge in [-0.2, -0.15) is 0 Å². The van der Waals surface area contributed by atoms with Crippen LogP contribution < -0.4 is 16.0 Å². The normalized spacial score (nSPS) is 14.9. The van der Waals surface area contributed by atoms with Crippen LogP contribution in [0.4, 0.5) is 15.6 Å². The Balaban J connectivity index is 1.70. The molecular weight excluding hydrogens is 376 g/mol. The SMILES string of the molecule is CCOC(=O)NC(=O)c1cc(C)sc1NC(=O)C1Nc2ncccc2S1. The largest absolute Gasteiger partial charge is 0.450 e. The molecule has 0 spiro atoms. The zero-order chi connectivity index (χ0) is 18.7. The lowest BCUT2D eigenvalue weighted by Gasteiger charge is -2.11. The summed E-state index contributed by atoms with van der Waals surface area (Å²) in [5.41, 5.74) is 0.215. The van der Waals surface area contributed by atoms with Gasteiger partial charge in [0.15, 0.2) is 5.37 Å². The van der Waals surface area contributed by atoms with Crippen LogP contribution in [0.25, 0.3) is 0 Å². The lowest BCUT2D eigenvalue weighted by Crippen LogP contribution is -2.33. The van der Waals surface area contributed by atoms with Gasteiger partial charge in [0.1, 0.15) is 10.8 Å². The number of hydrogen-bond acceptors (Lipinski definition) is 8. The number of imide groups is 1. The van der Waals surface area contributed by atoms with Crippen LogP contribution in [-0.4, -0.2) is 34.9 Å². The van der Waals surface area contributed by atoms with Crippen LogP contribution in [-0.2, 0) is 9.53 Å². The predicted octanol–water partition coefficient (Wildman–Crippen LogP) is 2.82. The molecule has 10 heteroatoms. The molecular formula is C16H16N4O4S2. The van der Waals surface area contributed by atoms with E-state index in [0.29, 0.717) is 10.8 Å². The first-order chi connectivity index (χ1) is 12.5. The van der Waals surface area contributed by atoms with E-state index in [0.717, 1.165) is 9.77 Å². The van der Waals surface area contributed by atoms with E-state index in [1.54, 1.807) is 25.3 Å². The van der Waals surface area contributed by atoms with Gasteiger partial charge in [-0.3, -0.25) is 14.9 Å². The zero-order valence-electron chi connectivity index (χ0n) is 14.0. The number of carbonyl (C=O) groups excluding carboxylic acids is 3. The van der Waals surface area contributed by atoms with Gasteiger partial charge in [0, 0.05) is 11.1 Å². The molecule has 0 bridgehead atoms. The molecule has 0 aliphatic carbocycles. The van der Waals surface area contributed by atoms with E-state index in [1.807, 2.05) is 13.0 Å². The number of thioether (sulfide) groups is 1. The molecule has 1 aliphatic heterocycles. The number of nitrogens with zero attached hydrogens (tertiary/aromatic N) is 1. The number of aryl methyl sites for hydroxylation is 1. The molecule has 0 saturated carbocycles. The smallest absolute Gasteiger partial charge is 0.414 e. The Morgan fingerprint density at radius 1 is 1.38 bits per heavy atom. The summed E-state index contributed by atoms with van der Waals surface area (Å²) in [6, 6.07) is 5.29. The highest BCUT2D eigenvalue weighted by molar-refractivity contribution is 8.01. The van der Waals surface area contributed by atoms with Gasteiger partial charge >= 0.3 is 6.09 Å². The standard InChI is InChI=1S/C16H16N4O4S2/c1-3-24-16(23)20-12(21)9-7-8(2)25-14(9)19-13(22)15-18-11-10(26-15)5-4-6-17-11/h4-7,15H,3H2,1-2H3,(H,17,18)(H,19,22)(H,20,21,23). The second-order valence-electron chi connectivity index (χ2n) is 5.26. The number of anilines is 2. The number of aromatic nitrogens is 1. The molecule has 1 unspecified atom stereocenters. The van der Waals surface area contributed by atoms with Crippen molar-refractivity contribution in [3.63, 3.8) is 0 Å². The summed E-state index contributed by atoms with van der Waals surface area (Å²) in [4.78, 5) is 42.1. The molecule has 3 rings (SSSR count). The maximum atomic E-state index is 12.6. The van der Waals surface area contributed by atoms with E-state index < -0.39 is 17.4 Å². The van der Waals surface area contributed by atoms with E-state index in [9.17, 15) is 14.4 Å². The molecule has 1 atom stereocenters. The van der Waals surface area contributed by atoms with Crippen LogP contribution >= 0.6 is 23.1 Å². The number of carbonyl (C=O) groups is 3. The second kappa shape index (κ2) is 7.75. The first kappa shape index (κ1) is 18.2. The molecule has 8 nitrogen and oxygen atoms in total. The van der Waals surface area contributed by atoms with E-state index >= 15 is 0 Å². The summed E-state index contributed by atoms with van der Waals surface area (Å²) in [7, 11) is 0. The Kier molecular flexibility index (Phi) is 5.43. The van der Waals surface area contributed by atoms with Crippen LogP contribution in [0.1, 0.15) is 22.2 Å². The maximum Gasteiger partial charge on any atom is 0.414 e. The summed E-state index contributed by atoms with van der Waals surface area (Å²) in [6.45, 7) is 3.61. The van der Waals surface area contributed by atoms with Crippen LogP contribution in [0.3, 0.4) is 0 Å². The molecule has 3 heterocycles. The maximum absolute atomic E-state index is 12.6. The van der Waals surface area contributed by atoms with Gasteiger partial charge in [0.25, 0.3) is 11.8 Å². The highest BCUT2D eigenvalue weighted by atomic mass is 32.2. The number of alkyl carbamates (subject to hydrolysis) is 1. The molecule has 3 amide bonds. The first-order valence-corrected chi connectivity index (χ1v) is 9.45. The number of thiophene rings is 1. The fraction of sp³-hybridized carbons (Fsp3) is 0.250. The molecule has 136 valence electrons. The Labute approximate surface area is 157 Å². The summed E-state index contributed by atoms with van der Waals surface area (Å²) in [6.07, 6.45) is 0.820. The van der Waals surface area contributed by atoms with Crippen molar-refractivity contribution in [1.29, 1.82) is 0 Å². The summed E-state index contributed by atoms with van der Waals surface area (Å²) in [5.74, 6) is -0.277. The average Bonchev–Trinajstić information content (AvgIpc) is 3.18. The van der Waals surface area contributed by atoms with Gasteiger partial charge in [-0.25, -0.2) is 9.78 Å². The minimum Gasteiger partial charge on any atom is -0.450 e. The van der Waals surface area contributed by atoms with Gasteiger partial charge in [-0.05, 0) is 32.0 Å². The van der Waals surface area contributed by atoms with E-state index in [1.165, 1.54) is 23.1 Å². The Morgan fingerprint density at radius 3 is 2.92 bits per heavy atom. The summed E-state index contributed by atoms with van der Waals surface area (Å²) < 4.78 is 4.70. The zero-order valence-corrected chi connectivity index (χ0v) is 15.6. The first-order valence-electron chi connectivity index (χ1n) is 7.75. The third-order valence-corrected chi connectivity index (χ3v) is 5.47. The fourth-order valence-corrected chi connectivity index (χ4v) is 4.16. The number of amides is 3. The Morgan fingerprint density at radius 2 is 2.19 bits per heavy atom. The van der Waals surface area contributed by atoms with E-state index in [-0.39, 0.29) is 18.1 Å². The predicted molar refractivity (Wildman–Crippen MR) is 99.7 cm³/mol. The second-order valence-corrected chi connectivity index (χ2v) is 7.66. The number of nitrogens with one attached hydrogen (secondary N) is 3. The van der Waals surface area contributed by atoms with Gasteiger partial charge < -0.3 is 15.4 Å². The van der Waals surface area contributed by atoms with Crippen molar-refractivity contribution in [2.24, 2.45) is 0 Å². The highest BCUT2D eigenvalue weighted by Crippen LogP contribution is 2.37. The van der Waals surface area contributed by atoms with Crippen molar-refractivity contribution in [2.45, 2.75) is 24.1 Å². The molecule has 26 heavy (non-hydrogen) atoms. The summed E-state index contributed by atoms with van der Waals surface area (Å²) >= 11 is 2.60. The van der Waals surface area contributed by atoms with Crippen LogP contribution in [0.15, 0.2) is 29.3 Å². The quantitative estimate of drug-likeness (QED) is 0.734. The van der Waals surface area contributed by atoms with Crippen molar-refractivity contribution in [2.75, 3.05) is 17.2 Å². The van der Waals surface area contributed by atoms with Crippen molar-refractivity contribution in [1.82, 2.24) is 10.3 Å². The molecule has 2 aromatic rings. The summed E-state index contributed by atoms with van der Waals surface area (Å²) in [5, 5.41) is 7.73. The van der Waals surface area contributed by atoms with Crippen LogP contribution in [0, 0.1) is 6.92 Å². The molecule has 0 radical (unpaired) electrons. The molecule has 3 N–H and O–H groups in total. The van der Waals surface area contributed by atoms with Gasteiger partial charge in [-0.1, -0.05) is 11.8 Å². The van der Waals surface area contributed by atoms with Crippen molar-refractivity contribution >= 4 is 51.8 Å².